The molecule has 0 radical (unpaired) electrons. The molecule has 4 aromatic rings. The van der Waals surface area contributed by atoms with Gasteiger partial charge in [-0.05, 0) is 54.7 Å². The number of fused-ring (bicyclic) bond motifs is 2. The summed E-state index contributed by atoms with van der Waals surface area (Å²) in [5, 5.41) is 18.3. The highest BCUT2D eigenvalue weighted by molar-refractivity contribution is 5.81. The minimum absolute atomic E-state index is 0.0737. The first-order valence-corrected chi connectivity index (χ1v) is 9.49. The van der Waals surface area contributed by atoms with Gasteiger partial charge in [-0.1, -0.05) is 6.07 Å². The summed E-state index contributed by atoms with van der Waals surface area (Å²) < 4.78 is 23.4. The van der Waals surface area contributed by atoms with Crippen molar-refractivity contribution in [2.24, 2.45) is 7.05 Å². The number of benzene rings is 2. The molecule has 0 aliphatic heterocycles. The second-order valence-electron chi connectivity index (χ2n) is 7.25. The van der Waals surface area contributed by atoms with E-state index in [9.17, 15) is 4.39 Å². The zero-order chi connectivity index (χ0) is 20.0. The summed E-state index contributed by atoms with van der Waals surface area (Å²) >= 11 is 0. The van der Waals surface area contributed by atoms with Crippen molar-refractivity contribution < 1.29 is 9.13 Å². The smallest absolute Gasteiger partial charge is 0.237 e. The predicted octanol–water partition coefficient (Wildman–Crippen LogP) is 4.23. The zero-order valence-corrected chi connectivity index (χ0v) is 15.8. The van der Waals surface area contributed by atoms with E-state index in [1.165, 1.54) is 16.4 Å². The highest BCUT2D eigenvalue weighted by Crippen LogP contribution is 2.35. The number of ether oxygens (including phenoxy) is 1. The van der Waals surface area contributed by atoms with Gasteiger partial charge in [-0.25, -0.2) is 9.36 Å². The Hall–Kier alpha value is -3.66. The SMILES string of the molecule is Cn1ncc(-n2ncc3ccc(OC4CCCc5cc(C#N)ccc54)cc32)c1F. The molecule has 0 bridgehead atoms. The monoisotopic (exact) mass is 387 g/mol. The average Bonchev–Trinajstić information content (AvgIpc) is 3.30. The van der Waals surface area contributed by atoms with E-state index in [0.29, 0.717) is 17.0 Å². The van der Waals surface area contributed by atoms with Gasteiger partial charge in [-0.15, -0.1) is 0 Å². The lowest BCUT2D eigenvalue weighted by Gasteiger charge is -2.26. The highest BCUT2D eigenvalue weighted by Gasteiger charge is 2.22. The Morgan fingerprint density at radius 2 is 2.07 bits per heavy atom. The van der Waals surface area contributed by atoms with E-state index >= 15 is 0 Å². The first-order chi connectivity index (χ1) is 14.1. The van der Waals surface area contributed by atoms with Crippen molar-refractivity contribution in [3.05, 3.63) is 71.4 Å². The van der Waals surface area contributed by atoms with Crippen molar-refractivity contribution in [1.29, 1.82) is 5.26 Å². The molecule has 144 valence electrons. The van der Waals surface area contributed by atoms with Crippen molar-refractivity contribution in [2.45, 2.75) is 25.4 Å². The Bertz CT molecular complexity index is 1270. The summed E-state index contributed by atoms with van der Waals surface area (Å²) in [6.45, 7) is 0. The van der Waals surface area contributed by atoms with Crippen LogP contribution < -0.4 is 4.74 Å². The lowest BCUT2D eigenvalue weighted by atomic mass is 9.88. The molecule has 29 heavy (non-hydrogen) atoms. The molecule has 0 N–H and O–H groups in total. The Kier molecular flexibility index (Phi) is 4.06. The van der Waals surface area contributed by atoms with E-state index in [1.807, 2.05) is 36.4 Å². The maximum Gasteiger partial charge on any atom is 0.237 e. The summed E-state index contributed by atoms with van der Waals surface area (Å²) in [6.07, 6.45) is 5.96. The van der Waals surface area contributed by atoms with E-state index in [4.69, 9.17) is 10.00 Å². The standard InChI is InChI=1S/C22H18FN5O/c1-27-22(23)20(13-25-27)28-19-10-17(7-6-16(19)12-26-28)29-21-4-2-3-15-9-14(11-24)5-8-18(15)21/h5-10,12-13,21H,2-4H2,1H3. The van der Waals surface area contributed by atoms with Crippen LogP contribution in [0.25, 0.3) is 16.6 Å². The summed E-state index contributed by atoms with van der Waals surface area (Å²) in [5.74, 6) is 0.251. The molecular weight excluding hydrogens is 369 g/mol. The number of rotatable bonds is 3. The fraction of sp³-hybridized carbons (Fsp3) is 0.227. The van der Waals surface area contributed by atoms with Crippen LogP contribution in [-0.4, -0.2) is 19.6 Å². The number of hydrogen-bond donors (Lipinski definition) is 0. The number of nitrogens with zero attached hydrogens (tertiary/aromatic N) is 5. The van der Waals surface area contributed by atoms with E-state index < -0.39 is 5.95 Å². The number of hydrogen-bond acceptors (Lipinski definition) is 4. The van der Waals surface area contributed by atoms with Gasteiger partial charge in [0.2, 0.25) is 5.95 Å². The summed E-state index contributed by atoms with van der Waals surface area (Å²) in [7, 11) is 1.55. The molecule has 0 fully saturated rings. The molecule has 1 aliphatic rings. The van der Waals surface area contributed by atoms with Crippen LogP contribution in [0.1, 0.15) is 35.6 Å². The number of halogens is 1. The minimum atomic E-state index is -0.448. The molecule has 1 atom stereocenters. The van der Waals surface area contributed by atoms with E-state index in [0.717, 1.165) is 35.7 Å². The largest absolute Gasteiger partial charge is 0.486 e. The van der Waals surface area contributed by atoms with Gasteiger partial charge in [0, 0.05) is 18.5 Å². The molecule has 0 spiro atoms. The Morgan fingerprint density at radius 1 is 1.17 bits per heavy atom. The third kappa shape index (κ3) is 2.93. The first kappa shape index (κ1) is 17.4. The molecule has 5 rings (SSSR count). The topological polar surface area (TPSA) is 68.7 Å². The number of nitriles is 1. The molecule has 2 aromatic heterocycles. The van der Waals surface area contributed by atoms with Gasteiger partial charge >= 0.3 is 0 Å². The Balaban J connectivity index is 1.50. The summed E-state index contributed by atoms with van der Waals surface area (Å²) in [5.41, 5.74) is 4.02. The first-order valence-electron chi connectivity index (χ1n) is 9.49. The molecule has 7 heteroatoms. The molecule has 2 heterocycles. The summed E-state index contributed by atoms with van der Waals surface area (Å²) in [4.78, 5) is 0. The van der Waals surface area contributed by atoms with Crippen molar-refractivity contribution >= 4 is 10.9 Å². The normalized spacial score (nSPS) is 15.8. The molecule has 0 saturated heterocycles. The third-order valence-electron chi connectivity index (χ3n) is 5.43. The van der Waals surface area contributed by atoms with Gasteiger partial charge in [0.05, 0.1) is 29.5 Å². The second-order valence-corrected chi connectivity index (χ2v) is 7.25. The lowest BCUT2D eigenvalue weighted by Crippen LogP contribution is -2.15. The molecule has 1 unspecified atom stereocenters. The fourth-order valence-corrected chi connectivity index (χ4v) is 3.94. The van der Waals surface area contributed by atoms with Crippen LogP contribution in [-0.2, 0) is 13.5 Å². The predicted molar refractivity (Wildman–Crippen MR) is 105 cm³/mol. The van der Waals surface area contributed by atoms with E-state index in [1.54, 1.807) is 17.9 Å². The molecule has 0 saturated carbocycles. The van der Waals surface area contributed by atoms with Gasteiger partial charge in [-0.3, -0.25) is 0 Å². The lowest BCUT2D eigenvalue weighted by molar-refractivity contribution is 0.183. The number of aromatic nitrogens is 4. The highest BCUT2D eigenvalue weighted by atomic mass is 19.1. The van der Waals surface area contributed by atoms with Crippen molar-refractivity contribution in [3.8, 4) is 17.5 Å². The molecule has 2 aromatic carbocycles. The molecule has 0 amide bonds. The second kappa shape index (κ2) is 6.74. The summed E-state index contributed by atoms with van der Waals surface area (Å²) in [6, 6.07) is 13.7. The Labute approximate surface area is 166 Å². The van der Waals surface area contributed by atoms with E-state index in [2.05, 4.69) is 16.3 Å². The van der Waals surface area contributed by atoms with Crippen molar-refractivity contribution in [2.75, 3.05) is 0 Å². The zero-order valence-electron chi connectivity index (χ0n) is 15.8. The molecular formula is C22H18FN5O. The average molecular weight is 387 g/mol. The molecule has 6 nitrogen and oxygen atoms in total. The van der Waals surface area contributed by atoms with Crippen LogP contribution in [0.5, 0.6) is 5.75 Å². The maximum atomic E-state index is 14.3. The fourth-order valence-electron chi connectivity index (χ4n) is 3.94. The maximum absolute atomic E-state index is 14.3. The van der Waals surface area contributed by atoms with Crippen LogP contribution in [0.15, 0.2) is 48.8 Å². The van der Waals surface area contributed by atoms with Crippen molar-refractivity contribution in [1.82, 2.24) is 19.6 Å². The van der Waals surface area contributed by atoms with Gasteiger partial charge in [0.25, 0.3) is 0 Å². The van der Waals surface area contributed by atoms with Gasteiger partial charge < -0.3 is 4.74 Å². The van der Waals surface area contributed by atoms with Crippen LogP contribution in [0.2, 0.25) is 0 Å². The quantitative estimate of drug-likeness (QED) is 0.528. The molecule has 1 aliphatic carbocycles. The van der Waals surface area contributed by atoms with Crippen LogP contribution >= 0.6 is 0 Å². The Morgan fingerprint density at radius 3 is 2.86 bits per heavy atom. The van der Waals surface area contributed by atoms with Crippen molar-refractivity contribution in [3.63, 3.8) is 0 Å². The van der Waals surface area contributed by atoms with Crippen LogP contribution in [0.3, 0.4) is 0 Å². The van der Waals surface area contributed by atoms with E-state index in [-0.39, 0.29) is 6.10 Å². The minimum Gasteiger partial charge on any atom is -0.486 e. The number of aryl methyl sites for hydroxylation is 2. The van der Waals surface area contributed by atoms with Gasteiger partial charge in [0.1, 0.15) is 17.5 Å². The van der Waals surface area contributed by atoms with Gasteiger partial charge in [-0.2, -0.15) is 19.8 Å². The van der Waals surface area contributed by atoms with Crippen LogP contribution in [0.4, 0.5) is 4.39 Å². The van der Waals surface area contributed by atoms with Crippen LogP contribution in [0, 0.1) is 17.3 Å². The third-order valence-corrected chi connectivity index (χ3v) is 5.43. The van der Waals surface area contributed by atoms with Gasteiger partial charge in [0.15, 0.2) is 0 Å².